The average molecular weight is 531 g/mol. The molecule has 8 heteroatoms. The smallest absolute Gasteiger partial charge is 0.345 e. The number of esters is 1. The third kappa shape index (κ3) is 5.35. The van der Waals surface area contributed by atoms with Crippen molar-refractivity contribution in [1.82, 2.24) is 0 Å². The molecule has 0 saturated carbocycles. The second-order valence-corrected chi connectivity index (χ2v) is 11.9. The van der Waals surface area contributed by atoms with Crippen LogP contribution in [-0.2, 0) is 26.0 Å². The number of fused-ring (bicyclic) bond motifs is 2. The van der Waals surface area contributed by atoms with E-state index < -0.39 is 16.5 Å². The van der Waals surface area contributed by atoms with E-state index in [1.807, 2.05) is 24.3 Å². The van der Waals surface area contributed by atoms with E-state index >= 15 is 0 Å². The lowest BCUT2D eigenvalue weighted by atomic mass is 9.97. The lowest BCUT2D eigenvalue weighted by Crippen LogP contribution is -2.28. The Kier molecular flexibility index (Phi) is 6.95. The van der Waals surface area contributed by atoms with E-state index in [0.717, 1.165) is 0 Å². The topological polar surface area (TPSA) is 78.7 Å². The van der Waals surface area contributed by atoms with Crippen molar-refractivity contribution in [3.8, 4) is 5.75 Å². The van der Waals surface area contributed by atoms with Crippen molar-refractivity contribution in [2.24, 2.45) is 0 Å². The van der Waals surface area contributed by atoms with E-state index in [1.54, 1.807) is 37.7 Å². The fourth-order valence-electron chi connectivity index (χ4n) is 4.08. The molecule has 1 heterocycles. The molecule has 0 atom stereocenters. The highest BCUT2D eigenvalue weighted by atomic mass is 32.2. The van der Waals surface area contributed by atoms with E-state index in [-0.39, 0.29) is 23.2 Å². The van der Waals surface area contributed by atoms with Gasteiger partial charge in [0.15, 0.2) is 21.3 Å². The number of hydrogen-bond donors (Lipinski definition) is 0. The van der Waals surface area contributed by atoms with Gasteiger partial charge in [-0.05, 0) is 62.4 Å². The number of rotatable bonds is 7. The average Bonchev–Trinajstić information content (AvgIpc) is 2.91. The maximum atomic E-state index is 12.5. The molecule has 0 aliphatic carbocycles. The van der Waals surface area contributed by atoms with E-state index in [2.05, 4.69) is 48.5 Å². The Labute approximate surface area is 222 Å². The van der Waals surface area contributed by atoms with Crippen molar-refractivity contribution in [3.05, 3.63) is 113 Å². The molecule has 4 aromatic rings. The molecule has 0 saturated heterocycles. The van der Waals surface area contributed by atoms with Crippen LogP contribution >= 0.6 is 11.8 Å². The maximum Gasteiger partial charge on any atom is 0.345 e. The summed E-state index contributed by atoms with van der Waals surface area (Å²) in [5.41, 5.74) is -0.566. The monoisotopic (exact) mass is 530 g/mol. The molecule has 0 aromatic heterocycles. The minimum atomic E-state index is -1.04. The molecular weight excluding hydrogens is 506 g/mol. The summed E-state index contributed by atoms with van der Waals surface area (Å²) < 4.78 is 11.3. The number of nitro groups is 1. The number of ether oxygens (including phenoxy) is 2. The molecule has 5 rings (SSSR count). The minimum absolute atomic E-state index is 0.0551. The fourth-order valence-corrected chi connectivity index (χ4v) is 7.82. The molecule has 0 N–H and O–H groups in total. The summed E-state index contributed by atoms with van der Waals surface area (Å²) in [7, 11) is -0.235. The first-order valence-electron chi connectivity index (χ1n) is 11.6. The highest BCUT2D eigenvalue weighted by Gasteiger charge is 2.37. The van der Waals surface area contributed by atoms with Gasteiger partial charge in [0.1, 0.15) is 22.2 Å². The summed E-state index contributed by atoms with van der Waals surface area (Å²) in [4.78, 5) is 29.4. The summed E-state index contributed by atoms with van der Waals surface area (Å²) in [6, 6.07) is 30.9. The molecule has 0 amide bonds. The zero-order valence-corrected chi connectivity index (χ0v) is 21.9. The van der Waals surface area contributed by atoms with Crippen LogP contribution in [0.3, 0.4) is 0 Å². The van der Waals surface area contributed by atoms with Gasteiger partial charge in [0.25, 0.3) is 5.69 Å². The molecule has 1 aliphatic heterocycles. The molecule has 0 spiro atoms. The van der Waals surface area contributed by atoms with Crippen LogP contribution < -0.4 is 4.74 Å². The van der Waals surface area contributed by atoms with Gasteiger partial charge in [-0.25, -0.2) is 4.79 Å². The van der Waals surface area contributed by atoms with Crippen molar-refractivity contribution in [3.63, 3.8) is 0 Å². The Morgan fingerprint density at radius 2 is 1.51 bits per heavy atom. The first-order valence-corrected chi connectivity index (χ1v) is 13.7. The molecule has 0 unspecified atom stereocenters. The summed E-state index contributed by atoms with van der Waals surface area (Å²) >= 11 is 1.80. The molecule has 4 aromatic carbocycles. The van der Waals surface area contributed by atoms with Gasteiger partial charge in [0.2, 0.25) is 0 Å². The van der Waals surface area contributed by atoms with Crippen molar-refractivity contribution in [2.45, 2.75) is 43.9 Å². The third-order valence-corrected chi connectivity index (χ3v) is 9.64. The van der Waals surface area contributed by atoms with E-state index in [0.29, 0.717) is 11.3 Å². The van der Waals surface area contributed by atoms with Crippen LogP contribution in [0.25, 0.3) is 0 Å². The van der Waals surface area contributed by atoms with Gasteiger partial charge in [0.05, 0.1) is 14.7 Å². The summed E-state index contributed by atoms with van der Waals surface area (Å²) in [6.45, 7) is 3.11. The lowest BCUT2D eigenvalue weighted by molar-refractivity contribution is -0.385. The summed E-state index contributed by atoms with van der Waals surface area (Å²) in [5.74, 6) is 0.0000255. The molecule has 0 fully saturated rings. The first-order chi connectivity index (χ1) is 17.8. The van der Waals surface area contributed by atoms with Crippen LogP contribution in [0.1, 0.15) is 19.4 Å². The molecule has 37 heavy (non-hydrogen) atoms. The predicted octanol–water partition coefficient (Wildman–Crippen LogP) is 7.01. The largest absolute Gasteiger partial charge is 0.482 e. The fraction of sp³-hybridized carbons (Fsp3) is 0.138. The third-order valence-electron chi connectivity index (χ3n) is 5.90. The summed E-state index contributed by atoms with van der Waals surface area (Å²) in [6.07, 6.45) is 0. The van der Waals surface area contributed by atoms with Crippen LogP contribution in [0.15, 0.2) is 122 Å². The quantitative estimate of drug-likeness (QED) is 0.0974. The molecule has 0 bridgehead atoms. The second-order valence-electron chi connectivity index (χ2n) is 8.85. The number of benzene rings is 4. The predicted molar refractivity (Wildman–Crippen MR) is 143 cm³/mol. The van der Waals surface area contributed by atoms with Gasteiger partial charge in [-0.1, -0.05) is 48.2 Å². The minimum Gasteiger partial charge on any atom is -0.482 e. The van der Waals surface area contributed by atoms with Gasteiger partial charge in [-0.3, -0.25) is 10.1 Å². The first kappa shape index (κ1) is 24.9. The number of carbonyl (C=O) groups is 1. The highest BCUT2D eigenvalue weighted by molar-refractivity contribution is 8.04. The van der Waals surface area contributed by atoms with Crippen molar-refractivity contribution in [2.75, 3.05) is 6.61 Å². The van der Waals surface area contributed by atoms with E-state index in [4.69, 9.17) is 9.47 Å². The van der Waals surface area contributed by atoms with Crippen molar-refractivity contribution < 1.29 is 19.2 Å². The molecular formula is C29H24NO5S2+. The standard InChI is InChI=1S/C29H24NO5S2/c1-29(2,20-8-7-9-21(18-20)30(32)33)35-28(31)19-34-22-14-16-23(17-15-22)37-26-12-5-3-10-24(26)36-25-11-4-6-13-27(25)37/h3-18H,19H2,1-2H3/q+1. The summed E-state index contributed by atoms with van der Waals surface area (Å²) in [5, 5.41) is 11.1. The van der Waals surface area contributed by atoms with Crippen LogP contribution in [0.5, 0.6) is 5.75 Å². The maximum absolute atomic E-state index is 12.5. The number of carbonyl (C=O) groups excluding carboxylic acids is 1. The van der Waals surface area contributed by atoms with Crippen molar-refractivity contribution in [1.29, 1.82) is 0 Å². The zero-order chi connectivity index (χ0) is 26.0. The van der Waals surface area contributed by atoms with Crippen LogP contribution in [0.2, 0.25) is 0 Å². The number of nitrogens with zero attached hydrogens (tertiary/aromatic N) is 1. The van der Waals surface area contributed by atoms with Crippen molar-refractivity contribution >= 4 is 34.3 Å². The van der Waals surface area contributed by atoms with Crippen LogP contribution in [0.4, 0.5) is 5.69 Å². The van der Waals surface area contributed by atoms with Gasteiger partial charge in [-0.2, -0.15) is 0 Å². The Bertz CT molecular complexity index is 1420. The van der Waals surface area contributed by atoms with Gasteiger partial charge >= 0.3 is 5.97 Å². The van der Waals surface area contributed by atoms with Gasteiger partial charge < -0.3 is 9.47 Å². The van der Waals surface area contributed by atoms with Gasteiger partial charge in [0, 0.05) is 17.7 Å². The molecule has 6 nitrogen and oxygen atoms in total. The second kappa shape index (κ2) is 10.3. The highest BCUT2D eigenvalue weighted by Crippen LogP contribution is 2.48. The Balaban J connectivity index is 1.27. The van der Waals surface area contributed by atoms with Crippen LogP contribution in [-0.4, -0.2) is 17.5 Å². The molecule has 0 radical (unpaired) electrons. The normalized spacial score (nSPS) is 12.8. The Morgan fingerprint density at radius 3 is 2.14 bits per heavy atom. The Morgan fingerprint density at radius 1 is 0.892 bits per heavy atom. The molecule has 186 valence electrons. The van der Waals surface area contributed by atoms with E-state index in [1.165, 1.54) is 36.6 Å². The van der Waals surface area contributed by atoms with Crippen LogP contribution in [0, 0.1) is 10.1 Å². The lowest BCUT2D eigenvalue weighted by Gasteiger charge is -2.25. The SMILES string of the molecule is CC(C)(OC(=O)COc1ccc([S+]2c3ccccc3Sc3ccccc32)cc1)c1cccc([N+](=O)[O-])c1. The number of non-ortho nitro benzene ring substituents is 1. The Hall–Kier alpha value is -3.75. The number of nitro benzene ring substituents is 1. The molecule has 1 aliphatic rings. The zero-order valence-electron chi connectivity index (χ0n) is 20.2. The van der Waals surface area contributed by atoms with E-state index in [9.17, 15) is 14.9 Å². The number of hydrogen-bond acceptors (Lipinski definition) is 6. The van der Waals surface area contributed by atoms with Gasteiger partial charge in [-0.15, -0.1) is 0 Å².